The van der Waals surface area contributed by atoms with Crippen LogP contribution in [0.4, 0.5) is 0 Å². The first kappa shape index (κ1) is 5.09. The van der Waals surface area contributed by atoms with Crippen LogP contribution in [0.5, 0.6) is 0 Å². The molecule has 2 nitrogen and oxygen atoms in total. The highest BCUT2D eigenvalue weighted by atomic mass is 16.5. The molecule has 0 aliphatic rings. The fraction of sp³-hybridized carbons (Fsp3) is 0.167. The van der Waals surface area contributed by atoms with Gasteiger partial charge in [-0.05, 0) is 13.0 Å². The average Bonchev–Trinajstić information content (AvgIpc) is 2.19. The first-order valence-electron chi connectivity index (χ1n) is 2.47. The zero-order valence-electron chi connectivity index (χ0n) is 4.66. The van der Waals surface area contributed by atoms with Crippen LogP contribution >= 0.6 is 0 Å². The van der Waals surface area contributed by atoms with Crippen molar-refractivity contribution in [2.75, 3.05) is 0 Å². The van der Waals surface area contributed by atoms with Crippen LogP contribution < -0.4 is 0 Å². The lowest BCUT2D eigenvalue weighted by Gasteiger charge is -1.73. The Balaban J connectivity index is 2.77. The lowest BCUT2D eigenvalue weighted by Crippen LogP contribution is -1.55. The van der Waals surface area contributed by atoms with Crippen LogP contribution in [0.3, 0.4) is 0 Å². The number of allylic oxidation sites excluding steroid dienone is 1. The molecule has 0 saturated carbocycles. The molecule has 2 heteroatoms. The summed E-state index contributed by atoms with van der Waals surface area (Å²) in [4.78, 5) is 0. The predicted molar refractivity (Wildman–Crippen MR) is 31.2 cm³/mol. The quantitative estimate of drug-likeness (QED) is 0.548. The topological polar surface area (TPSA) is 26.0 Å². The van der Waals surface area contributed by atoms with Gasteiger partial charge in [-0.15, -0.1) is 0 Å². The molecule has 0 aromatic carbocycles. The summed E-state index contributed by atoms with van der Waals surface area (Å²) in [5.41, 5.74) is 0. The van der Waals surface area contributed by atoms with Gasteiger partial charge >= 0.3 is 0 Å². The lowest BCUT2D eigenvalue weighted by atomic mass is 10.4. The molecule has 0 aliphatic carbocycles. The van der Waals surface area contributed by atoms with E-state index >= 15 is 0 Å². The molecule has 0 spiro atoms. The molecule has 0 unspecified atom stereocenters. The molecule has 42 valence electrons. The molecule has 0 fully saturated rings. The van der Waals surface area contributed by atoms with Gasteiger partial charge in [0.05, 0.1) is 6.20 Å². The first-order chi connectivity index (χ1) is 3.93. The van der Waals surface area contributed by atoms with Crippen molar-refractivity contribution in [2.45, 2.75) is 6.92 Å². The first-order valence-corrected chi connectivity index (χ1v) is 2.47. The molecule has 0 atom stereocenters. The average molecular weight is 109 g/mol. The van der Waals surface area contributed by atoms with Crippen molar-refractivity contribution in [2.24, 2.45) is 0 Å². The van der Waals surface area contributed by atoms with E-state index in [9.17, 15) is 0 Å². The maximum atomic E-state index is 4.74. The van der Waals surface area contributed by atoms with Gasteiger partial charge in [-0.25, -0.2) is 0 Å². The van der Waals surface area contributed by atoms with Crippen LogP contribution in [-0.2, 0) is 0 Å². The summed E-state index contributed by atoms with van der Waals surface area (Å²) in [5, 5.41) is 3.51. The summed E-state index contributed by atoms with van der Waals surface area (Å²) in [6.07, 6.45) is 5.38. The predicted octanol–water partition coefficient (Wildman–Crippen LogP) is 1.71. The monoisotopic (exact) mass is 109 g/mol. The van der Waals surface area contributed by atoms with Gasteiger partial charge in [0.25, 0.3) is 0 Å². The second-order valence-corrected chi connectivity index (χ2v) is 1.41. The van der Waals surface area contributed by atoms with Crippen LogP contribution in [0.2, 0.25) is 0 Å². The van der Waals surface area contributed by atoms with E-state index in [1.165, 1.54) is 0 Å². The molecule has 0 saturated heterocycles. The third-order valence-corrected chi connectivity index (χ3v) is 0.789. The molecule has 0 bridgehead atoms. The number of aromatic nitrogens is 1. The molecule has 0 N–H and O–H groups in total. The van der Waals surface area contributed by atoms with Crippen molar-refractivity contribution in [3.8, 4) is 0 Å². The molecule has 8 heavy (non-hydrogen) atoms. The number of rotatable bonds is 1. The van der Waals surface area contributed by atoms with E-state index in [0.29, 0.717) is 0 Å². The highest BCUT2D eigenvalue weighted by molar-refractivity contribution is 5.40. The van der Waals surface area contributed by atoms with Crippen LogP contribution in [-0.4, -0.2) is 5.16 Å². The van der Waals surface area contributed by atoms with Crippen LogP contribution in [0.1, 0.15) is 12.7 Å². The van der Waals surface area contributed by atoms with Crippen LogP contribution in [0.15, 0.2) is 22.9 Å². The molecule has 0 amide bonds. The Kier molecular flexibility index (Phi) is 1.47. The summed E-state index contributed by atoms with van der Waals surface area (Å²) < 4.78 is 4.74. The van der Waals surface area contributed by atoms with E-state index in [2.05, 4.69) is 5.16 Å². The van der Waals surface area contributed by atoms with Crippen molar-refractivity contribution in [3.63, 3.8) is 0 Å². The number of nitrogens with zero attached hydrogens (tertiary/aromatic N) is 1. The lowest BCUT2D eigenvalue weighted by molar-refractivity contribution is 0.412. The van der Waals surface area contributed by atoms with Crippen molar-refractivity contribution in [3.05, 3.63) is 24.1 Å². The number of hydrogen-bond donors (Lipinski definition) is 0. The Morgan fingerprint density at radius 2 is 2.62 bits per heavy atom. The minimum Gasteiger partial charge on any atom is -0.357 e. The van der Waals surface area contributed by atoms with Gasteiger partial charge in [0.1, 0.15) is 0 Å². The standard InChI is InChI=1S/C6H7NO/c1-2-3-6-4-5-7-8-6/h2-5H,1H3/b3-2+. The van der Waals surface area contributed by atoms with Gasteiger partial charge in [-0.3, -0.25) is 0 Å². The van der Waals surface area contributed by atoms with E-state index in [-0.39, 0.29) is 0 Å². The largest absolute Gasteiger partial charge is 0.357 e. The Morgan fingerprint density at radius 1 is 1.75 bits per heavy atom. The van der Waals surface area contributed by atoms with Gasteiger partial charge in [0, 0.05) is 6.07 Å². The highest BCUT2D eigenvalue weighted by Crippen LogP contribution is 1.97. The Labute approximate surface area is 47.8 Å². The molecule has 0 aliphatic heterocycles. The zero-order chi connectivity index (χ0) is 5.82. The van der Waals surface area contributed by atoms with Gasteiger partial charge in [0.2, 0.25) is 0 Å². The minimum absolute atomic E-state index is 0.799. The van der Waals surface area contributed by atoms with Crippen LogP contribution in [0, 0.1) is 0 Å². The molecule has 1 heterocycles. The van der Waals surface area contributed by atoms with Crippen molar-refractivity contribution >= 4 is 6.08 Å². The maximum absolute atomic E-state index is 4.74. The molecular formula is C6H7NO. The summed E-state index contributed by atoms with van der Waals surface area (Å²) in [6.45, 7) is 1.93. The Morgan fingerprint density at radius 3 is 3.12 bits per heavy atom. The normalized spacial score (nSPS) is 10.6. The summed E-state index contributed by atoms with van der Waals surface area (Å²) in [7, 11) is 0. The Hall–Kier alpha value is -1.05. The fourth-order valence-corrected chi connectivity index (χ4v) is 0.476. The van der Waals surface area contributed by atoms with E-state index < -0.39 is 0 Å². The molecule has 1 rings (SSSR count). The molecule has 1 aromatic rings. The summed E-state index contributed by atoms with van der Waals surface area (Å²) in [5.74, 6) is 0.799. The molecular weight excluding hydrogens is 102 g/mol. The van der Waals surface area contributed by atoms with E-state index in [0.717, 1.165) is 5.76 Å². The van der Waals surface area contributed by atoms with Crippen LogP contribution in [0.25, 0.3) is 6.08 Å². The van der Waals surface area contributed by atoms with Crippen molar-refractivity contribution in [1.29, 1.82) is 0 Å². The molecule has 1 aromatic heterocycles. The highest BCUT2D eigenvalue weighted by Gasteiger charge is 1.83. The third kappa shape index (κ3) is 0.964. The van der Waals surface area contributed by atoms with E-state index in [1.807, 2.05) is 19.1 Å². The van der Waals surface area contributed by atoms with Crippen molar-refractivity contribution in [1.82, 2.24) is 5.16 Å². The summed E-state index contributed by atoms with van der Waals surface area (Å²) >= 11 is 0. The van der Waals surface area contributed by atoms with Gasteiger partial charge in [-0.1, -0.05) is 11.2 Å². The summed E-state index contributed by atoms with van der Waals surface area (Å²) in [6, 6.07) is 1.81. The van der Waals surface area contributed by atoms with Gasteiger partial charge < -0.3 is 4.52 Å². The molecule has 0 radical (unpaired) electrons. The van der Waals surface area contributed by atoms with E-state index in [4.69, 9.17) is 4.52 Å². The van der Waals surface area contributed by atoms with E-state index in [1.54, 1.807) is 12.3 Å². The number of hydrogen-bond acceptors (Lipinski definition) is 2. The smallest absolute Gasteiger partial charge is 0.159 e. The van der Waals surface area contributed by atoms with Gasteiger partial charge in [0.15, 0.2) is 5.76 Å². The Bertz CT molecular complexity index is 165. The van der Waals surface area contributed by atoms with Crippen molar-refractivity contribution < 1.29 is 4.52 Å². The minimum atomic E-state index is 0.799. The second kappa shape index (κ2) is 2.31. The van der Waals surface area contributed by atoms with Gasteiger partial charge in [-0.2, -0.15) is 0 Å². The zero-order valence-corrected chi connectivity index (χ0v) is 4.66. The third-order valence-electron chi connectivity index (χ3n) is 0.789. The fourth-order valence-electron chi connectivity index (χ4n) is 0.476. The second-order valence-electron chi connectivity index (χ2n) is 1.41. The SMILES string of the molecule is C/C=C/c1ccno1. The maximum Gasteiger partial charge on any atom is 0.159 e.